The Hall–Kier alpha value is -1.80. The Labute approximate surface area is 116 Å². The zero-order valence-electron chi connectivity index (χ0n) is 11.5. The Morgan fingerprint density at radius 1 is 1.26 bits per heavy atom. The Balaban J connectivity index is 0.00000147. The lowest BCUT2D eigenvalue weighted by Gasteiger charge is -2.40. The fourth-order valence-corrected chi connectivity index (χ4v) is 3.03. The smallest absolute Gasteiger partial charge is 0.0478 e. The van der Waals surface area contributed by atoms with Crippen molar-refractivity contribution in [3.8, 4) is 0 Å². The summed E-state index contributed by atoms with van der Waals surface area (Å²) in [5.41, 5.74) is 14.6. The van der Waals surface area contributed by atoms with Gasteiger partial charge in [-0.2, -0.15) is 0 Å². The first-order valence-electron chi connectivity index (χ1n) is 6.77. The van der Waals surface area contributed by atoms with Crippen LogP contribution in [0.5, 0.6) is 0 Å². The minimum atomic E-state index is 0. The van der Waals surface area contributed by atoms with Crippen molar-refractivity contribution in [1.82, 2.24) is 4.90 Å². The molecule has 0 spiro atoms. The Kier molecular flexibility index (Phi) is 2.83. The minimum Gasteiger partial charge on any atom is -0.366 e. The standard InChI is InChI=1S/C17H20N2.H2/c1-11-12(2)17(13(11)3)19-7-6-15-5-4-14(9-18)8-16(15)10-19;/h4-5,8H,1-2,6-7,9-10,18H2,3H3;1H. The number of hydrogen-bond acceptors (Lipinski definition) is 2. The highest BCUT2D eigenvalue weighted by Gasteiger charge is 2.29. The third-order valence-corrected chi connectivity index (χ3v) is 4.29. The molecular weight excluding hydrogens is 232 g/mol. The van der Waals surface area contributed by atoms with Gasteiger partial charge in [-0.25, -0.2) is 0 Å². The quantitative estimate of drug-likeness (QED) is 0.878. The monoisotopic (exact) mass is 254 g/mol. The van der Waals surface area contributed by atoms with Crippen molar-refractivity contribution in [3.63, 3.8) is 0 Å². The van der Waals surface area contributed by atoms with Crippen LogP contribution in [0.15, 0.2) is 53.8 Å². The zero-order chi connectivity index (χ0) is 13.6. The van der Waals surface area contributed by atoms with Gasteiger partial charge in [0.25, 0.3) is 0 Å². The highest BCUT2D eigenvalue weighted by molar-refractivity contribution is 5.66. The molecule has 0 saturated heterocycles. The van der Waals surface area contributed by atoms with Gasteiger partial charge in [-0.05, 0) is 46.8 Å². The van der Waals surface area contributed by atoms with E-state index in [2.05, 4.69) is 43.2 Å². The van der Waals surface area contributed by atoms with Crippen molar-refractivity contribution in [2.45, 2.75) is 26.4 Å². The van der Waals surface area contributed by atoms with Gasteiger partial charge in [0, 0.05) is 26.8 Å². The highest BCUT2D eigenvalue weighted by atomic mass is 15.1. The maximum absolute atomic E-state index is 5.73. The Morgan fingerprint density at radius 3 is 2.74 bits per heavy atom. The van der Waals surface area contributed by atoms with Crippen LogP contribution in [0.3, 0.4) is 0 Å². The summed E-state index contributed by atoms with van der Waals surface area (Å²) in [6.45, 7) is 12.9. The molecule has 0 fully saturated rings. The number of nitrogens with zero attached hydrogens (tertiary/aromatic N) is 1. The predicted molar refractivity (Wildman–Crippen MR) is 81.5 cm³/mol. The lowest BCUT2D eigenvalue weighted by molar-refractivity contribution is 0.321. The molecule has 2 heteroatoms. The van der Waals surface area contributed by atoms with Gasteiger partial charge in [0.1, 0.15) is 0 Å². The number of benzene rings is 1. The average Bonchev–Trinajstić information content (AvgIpc) is 2.46. The third kappa shape index (κ3) is 1.83. The van der Waals surface area contributed by atoms with E-state index in [0.29, 0.717) is 6.54 Å². The molecule has 2 nitrogen and oxygen atoms in total. The second-order valence-corrected chi connectivity index (χ2v) is 5.41. The van der Waals surface area contributed by atoms with Gasteiger partial charge >= 0.3 is 0 Å². The van der Waals surface area contributed by atoms with Gasteiger partial charge in [-0.3, -0.25) is 0 Å². The van der Waals surface area contributed by atoms with Crippen molar-refractivity contribution in [1.29, 1.82) is 0 Å². The molecule has 1 aromatic rings. The normalized spacial score (nSPS) is 18.5. The second kappa shape index (κ2) is 4.39. The van der Waals surface area contributed by atoms with E-state index in [4.69, 9.17) is 5.73 Å². The molecule has 19 heavy (non-hydrogen) atoms. The average molecular weight is 254 g/mol. The maximum atomic E-state index is 5.73. The van der Waals surface area contributed by atoms with Crippen molar-refractivity contribution in [2.24, 2.45) is 5.73 Å². The first-order valence-corrected chi connectivity index (χ1v) is 6.77. The topological polar surface area (TPSA) is 29.3 Å². The molecule has 1 aromatic carbocycles. The molecule has 0 bridgehead atoms. The van der Waals surface area contributed by atoms with Crippen molar-refractivity contribution in [2.75, 3.05) is 6.54 Å². The van der Waals surface area contributed by atoms with E-state index < -0.39 is 0 Å². The summed E-state index contributed by atoms with van der Waals surface area (Å²) >= 11 is 0. The molecule has 0 saturated carbocycles. The van der Waals surface area contributed by atoms with Gasteiger partial charge in [0.2, 0.25) is 0 Å². The summed E-state index contributed by atoms with van der Waals surface area (Å²) in [7, 11) is 0. The van der Waals surface area contributed by atoms with E-state index in [1.54, 1.807) is 0 Å². The molecule has 100 valence electrons. The SMILES string of the molecule is C=C1C(=C)C(N2CCc3ccc(CN)cc3C2)=C1C.[HH]. The summed E-state index contributed by atoms with van der Waals surface area (Å²) in [5.74, 6) is 0. The van der Waals surface area contributed by atoms with E-state index in [1.807, 2.05) is 0 Å². The fraction of sp³-hybridized carbons (Fsp3) is 0.294. The molecule has 1 aliphatic carbocycles. The summed E-state index contributed by atoms with van der Waals surface area (Å²) < 4.78 is 0. The molecule has 0 atom stereocenters. The highest BCUT2D eigenvalue weighted by Crippen LogP contribution is 2.40. The van der Waals surface area contributed by atoms with Crippen molar-refractivity contribution < 1.29 is 1.43 Å². The van der Waals surface area contributed by atoms with Crippen LogP contribution in [-0.2, 0) is 19.5 Å². The van der Waals surface area contributed by atoms with Gasteiger partial charge in [0.05, 0.1) is 0 Å². The summed E-state index contributed by atoms with van der Waals surface area (Å²) in [4.78, 5) is 2.43. The molecule has 0 amide bonds. The first kappa shape index (κ1) is 12.2. The van der Waals surface area contributed by atoms with E-state index in [0.717, 1.165) is 30.7 Å². The third-order valence-electron chi connectivity index (χ3n) is 4.29. The van der Waals surface area contributed by atoms with Gasteiger partial charge in [0.15, 0.2) is 0 Å². The first-order chi connectivity index (χ1) is 9.11. The number of hydrogen-bond donors (Lipinski definition) is 1. The molecular formula is C17H22N2. The maximum Gasteiger partial charge on any atom is 0.0478 e. The lowest BCUT2D eigenvalue weighted by Crippen LogP contribution is -2.34. The second-order valence-electron chi connectivity index (χ2n) is 5.41. The van der Waals surface area contributed by atoms with E-state index in [9.17, 15) is 0 Å². The van der Waals surface area contributed by atoms with Crippen LogP contribution in [0.1, 0.15) is 25.0 Å². The summed E-state index contributed by atoms with van der Waals surface area (Å²) in [6.07, 6.45) is 1.09. The Bertz CT molecular complexity index is 613. The fourth-order valence-electron chi connectivity index (χ4n) is 3.03. The van der Waals surface area contributed by atoms with Gasteiger partial charge in [-0.1, -0.05) is 31.4 Å². The Morgan fingerprint density at radius 2 is 2.05 bits per heavy atom. The van der Waals surface area contributed by atoms with Gasteiger partial charge in [-0.15, -0.1) is 0 Å². The molecule has 0 unspecified atom stereocenters. The number of fused-ring (bicyclic) bond motifs is 1. The van der Waals surface area contributed by atoms with E-state index in [-0.39, 0.29) is 1.43 Å². The molecule has 1 aliphatic heterocycles. The van der Waals surface area contributed by atoms with Gasteiger partial charge < -0.3 is 10.6 Å². The molecule has 1 heterocycles. The number of nitrogens with two attached hydrogens (primary N) is 1. The molecule has 2 aliphatic rings. The van der Waals surface area contributed by atoms with Crippen LogP contribution < -0.4 is 5.73 Å². The van der Waals surface area contributed by atoms with Crippen LogP contribution in [0.25, 0.3) is 0 Å². The minimum absolute atomic E-state index is 0. The molecule has 2 N–H and O–H groups in total. The van der Waals surface area contributed by atoms with Crippen LogP contribution in [-0.4, -0.2) is 11.4 Å². The number of rotatable bonds is 2. The lowest BCUT2D eigenvalue weighted by atomic mass is 9.83. The van der Waals surface area contributed by atoms with Crippen molar-refractivity contribution >= 4 is 0 Å². The van der Waals surface area contributed by atoms with Crippen molar-refractivity contribution in [3.05, 3.63) is 70.5 Å². The molecule has 0 radical (unpaired) electrons. The van der Waals surface area contributed by atoms with Crippen LogP contribution in [0, 0.1) is 0 Å². The van der Waals surface area contributed by atoms with Crippen LogP contribution in [0.2, 0.25) is 0 Å². The van der Waals surface area contributed by atoms with E-state index >= 15 is 0 Å². The predicted octanol–water partition coefficient (Wildman–Crippen LogP) is 3.15. The zero-order valence-corrected chi connectivity index (χ0v) is 11.5. The summed E-state index contributed by atoms with van der Waals surface area (Å²) in [6, 6.07) is 6.61. The number of allylic oxidation sites excluding steroid dienone is 2. The van der Waals surface area contributed by atoms with Crippen LogP contribution >= 0.6 is 0 Å². The molecule has 0 aromatic heterocycles. The largest absolute Gasteiger partial charge is 0.366 e. The van der Waals surface area contributed by atoms with E-state index in [1.165, 1.54) is 28.0 Å². The summed E-state index contributed by atoms with van der Waals surface area (Å²) in [5, 5.41) is 0. The molecule has 3 rings (SSSR count). The van der Waals surface area contributed by atoms with Crippen LogP contribution in [0.4, 0.5) is 0 Å².